The third kappa shape index (κ3) is 9.82. The summed E-state index contributed by atoms with van der Waals surface area (Å²) in [5.74, 6) is -0.802. The van der Waals surface area contributed by atoms with E-state index >= 15 is 0 Å². The quantitative estimate of drug-likeness (QED) is 0.358. The average molecular weight is 199 g/mol. The predicted octanol–water partition coefficient (Wildman–Crippen LogP) is -0.225. The Morgan fingerprint density at radius 1 is 1.31 bits per heavy atom. The average Bonchev–Trinajstić information content (AvgIpc) is 1.82. The Morgan fingerprint density at radius 2 is 1.77 bits per heavy atom. The molecule has 0 saturated carbocycles. The first-order chi connectivity index (χ1) is 5.35. The van der Waals surface area contributed by atoms with Gasteiger partial charge >= 0.3 is 41.7 Å². The van der Waals surface area contributed by atoms with Gasteiger partial charge in [-0.25, -0.2) is 4.79 Å². The van der Waals surface area contributed by atoms with Gasteiger partial charge in [-0.1, -0.05) is 0 Å². The second-order valence-corrected chi connectivity index (χ2v) is 3.14. The van der Waals surface area contributed by atoms with Crippen molar-refractivity contribution < 1.29 is 19.1 Å². The van der Waals surface area contributed by atoms with E-state index in [2.05, 4.69) is 9.47 Å². The van der Waals surface area contributed by atoms with Crippen molar-refractivity contribution in [1.82, 2.24) is 0 Å². The van der Waals surface area contributed by atoms with Gasteiger partial charge in [0.2, 0.25) is 0 Å². The summed E-state index contributed by atoms with van der Waals surface area (Å²) in [7, 11) is 0. The minimum atomic E-state index is -1.02. The molecule has 0 heterocycles. The van der Waals surface area contributed by atoms with Crippen LogP contribution >= 0.6 is 0 Å². The summed E-state index contributed by atoms with van der Waals surface area (Å²) in [5, 5.41) is 0. The van der Waals surface area contributed by atoms with Crippen molar-refractivity contribution in [2.24, 2.45) is 5.73 Å². The number of carbonyl (C=O) groups is 2. The van der Waals surface area contributed by atoms with Gasteiger partial charge in [-0.05, 0) is 20.8 Å². The van der Waals surface area contributed by atoms with E-state index < -0.39 is 17.7 Å². The molecule has 0 atom stereocenters. The molecule has 0 radical (unpaired) electrons. The van der Waals surface area contributed by atoms with Gasteiger partial charge in [-0.2, -0.15) is 0 Å². The van der Waals surface area contributed by atoms with Crippen molar-refractivity contribution in [2.75, 3.05) is 6.54 Å². The van der Waals surface area contributed by atoms with Gasteiger partial charge in [0.1, 0.15) is 5.60 Å². The molecule has 2 N–H and O–H groups in total. The summed E-state index contributed by atoms with van der Waals surface area (Å²) in [6, 6.07) is 0. The van der Waals surface area contributed by atoms with Gasteiger partial charge in [0.25, 0.3) is 0 Å². The van der Waals surface area contributed by atoms with Crippen LogP contribution in [0.5, 0.6) is 0 Å². The second-order valence-electron chi connectivity index (χ2n) is 3.14. The number of carbonyl (C=O) groups excluding carboxylic acids is 2. The van der Waals surface area contributed by atoms with Crippen LogP contribution in [-0.2, 0) is 14.3 Å². The third-order valence-electron chi connectivity index (χ3n) is 0.753. The molecule has 0 spiro atoms. The van der Waals surface area contributed by atoms with E-state index in [0.29, 0.717) is 0 Å². The Labute approximate surface area is 99.2 Å². The van der Waals surface area contributed by atoms with Crippen LogP contribution in [-0.4, -0.2) is 53.8 Å². The molecular formula is C7H14NNaO4. The third-order valence-corrected chi connectivity index (χ3v) is 0.753. The van der Waals surface area contributed by atoms with Crippen LogP contribution in [0.1, 0.15) is 20.8 Å². The Bertz CT molecular complexity index is 187. The van der Waals surface area contributed by atoms with Crippen LogP contribution in [0.25, 0.3) is 0 Å². The molecule has 0 saturated heterocycles. The molecule has 0 fully saturated rings. The molecule has 0 unspecified atom stereocenters. The number of esters is 1. The molecule has 0 aliphatic carbocycles. The Hall–Kier alpha value is -0.100. The molecule has 13 heavy (non-hydrogen) atoms. The van der Waals surface area contributed by atoms with Crippen molar-refractivity contribution in [3.8, 4) is 0 Å². The standard InChI is InChI=1S/C7H13NO4.Na.H/c1-7(2,3)12-6(10)11-5(9)4-8;;/h4,8H2,1-3H3;;. The van der Waals surface area contributed by atoms with Crippen molar-refractivity contribution in [3.63, 3.8) is 0 Å². The van der Waals surface area contributed by atoms with Gasteiger partial charge < -0.3 is 15.2 Å². The number of ether oxygens (including phenoxy) is 2. The summed E-state index contributed by atoms with van der Waals surface area (Å²) in [4.78, 5) is 21.2. The van der Waals surface area contributed by atoms with E-state index in [1.165, 1.54) is 0 Å². The van der Waals surface area contributed by atoms with E-state index in [-0.39, 0.29) is 36.1 Å². The maximum absolute atomic E-state index is 10.7. The van der Waals surface area contributed by atoms with Gasteiger partial charge in [0, 0.05) is 0 Å². The zero-order valence-electron chi connectivity index (χ0n) is 7.42. The number of rotatable bonds is 1. The Morgan fingerprint density at radius 3 is 2.08 bits per heavy atom. The summed E-state index contributed by atoms with van der Waals surface area (Å²) in [6.45, 7) is 4.67. The first kappa shape index (κ1) is 15.4. The molecular weight excluding hydrogens is 185 g/mol. The van der Waals surface area contributed by atoms with E-state index in [0.717, 1.165) is 0 Å². The fraction of sp³-hybridized carbons (Fsp3) is 0.714. The normalized spacial score (nSPS) is 9.85. The zero-order valence-corrected chi connectivity index (χ0v) is 7.42. The minimum absolute atomic E-state index is 0. The molecule has 0 amide bonds. The second kappa shape index (κ2) is 6.37. The monoisotopic (exact) mass is 199 g/mol. The molecule has 0 rings (SSSR count). The molecule has 0 aliphatic rings. The SMILES string of the molecule is CC(C)(C)OC(=O)OC(=O)CN.[NaH]. The van der Waals surface area contributed by atoms with E-state index in [9.17, 15) is 9.59 Å². The Balaban J connectivity index is 0. The van der Waals surface area contributed by atoms with Crippen molar-refractivity contribution in [3.05, 3.63) is 0 Å². The summed E-state index contributed by atoms with van der Waals surface area (Å²) >= 11 is 0. The van der Waals surface area contributed by atoms with Crippen LogP contribution in [0.15, 0.2) is 0 Å². The molecule has 0 aliphatic heterocycles. The van der Waals surface area contributed by atoms with Crippen LogP contribution < -0.4 is 5.73 Å². The van der Waals surface area contributed by atoms with E-state index in [4.69, 9.17) is 5.73 Å². The molecule has 6 heteroatoms. The first-order valence-electron chi connectivity index (χ1n) is 3.49. The van der Waals surface area contributed by atoms with Crippen LogP contribution in [0.2, 0.25) is 0 Å². The van der Waals surface area contributed by atoms with Crippen molar-refractivity contribution in [1.29, 1.82) is 0 Å². The molecule has 0 aromatic rings. The van der Waals surface area contributed by atoms with Crippen molar-refractivity contribution >= 4 is 41.7 Å². The first-order valence-corrected chi connectivity index (χ1v) is 3.49. The van der Waals surface area contributed by atoms with Gasteiger partial charge in [-0.15, -0.1) is 0 Å². The Kier molecular flexibility index (Phi) is 7.53. The van der Waals surface area contributed by atoms with Crippen molar-refractivity contribution in [2.45, 2.75) is 26.4 Å². The molecule has 0 aromatic heterocycles. The molecule has 72 valence electrons. The van der Waals surface area contributed by atoms with Crippen LogP contribution in [0.3, 0.4) is 0 Å². The van der Waals surface area contributed by atoms with E-state index in [1.54, 1.807) is 20.8 Å². The summed E-state index contributed by atoms with van der Waals surface area (Å²) in [5.41, 5.74) is 4.24. The molecule has 5 nitrogen and oxygen atoms in total. The molecule has 0 bridgehead atoms. The number of hydrogen-bond donors (Lipinski definition) is 1. The fourth-order valence-electron chi connectivity index (χ4n) is 0.405. The van der Waals surface area contributed by atoms with E-state index in [1.807, 2.05) is 0 Å². The number of hydrogen-bond acceptors (Lipinski definition) is 5. The van der Waals surface area contributed by atoms with Gasteiger partial charge in [0.05, 0.1) is 6.54 Å². The maximum atomic E-state index is 10.7. The van der Waals surface area contributed by atoms with Crippen LogP contribution in [0, 0.1) is 0 Å². The zero-order chi connectivity index (χ0) is 9.78. The van der Waals surface area contributed by atoms with Crippen LogP contribution in [0.4, 0.5) is 4.79 Å². The molecule has 0 aromatic carbocycles. The predicted molar refractivity (Wildman–Crippen MR) is 48.5 cm³/mol. The topological polar surface area (TPSA) is 78.6 Å². The summed E-state index contributed by atoms with van der Waals surface area (Å²) < 4.78 is 8.82. The number of nitrogens with two attached hydrogens (primary N) is 1. The summed E-state index contributed by atoms with van der Waals surface area (Å²) in [6.07, 6.45) is -1.02. The fourth-order valence-corrected chi connectivity index (χ4v) is 0.405. The van der Waals surface area contributed by atoms with Gasteiger partial charge in [0.15, 0.2) is 0 Å². The van der Waals surface area contributed by atoms with Gasteiger partial charge in [-0.3, -0.25) is 4.79 Å².